The van der Waals surface area contributed by atoms with Crippen LogP contribution in [0.25, 0.3) is 0 Å². The number of benzene rings is 1. The van der Waals surface area contributed by atoms with Crippen LogP contribution in [0.1, 0.15) is 20.8 Å². The minimum absolute atomic E-state index is 0.138. The van der Waals surface area contributed by atoms with Crippen LogP contribution >= 0.6 is 0 Å². The average molecular weight is 193 g/mol. The molecule has 1 aromatic carbocycles. The Hall–Kier alpha value is -1.02. The Kier molecular flexibility index (Phi) is 3.53. The van der Waals surface area contributed by atoms with Crippen LogP contribution in [0.4, 0.5) is 5.69 Å². The normalized spacial score (nSPS) is 15.2. The molecule has 0 radical (unpaired) electrons. The van der Waals surface area contributed by atoms with Gasteiger partial charge in [-0.3, -0.25) is 0 Å². The summed E-state index contributed by atoms with van der Waals surface area (Å²) in [6, 6.07) is 9.98. The summed E-state index contributed by atoms with van der Waals surface area (Å²) in [7, 11) is 0. The van der Waals surface area contributed by atoms with Crippen molar-refractivity contribution in [1.82, 2.24) is 0 Å². The predicted octanol–water partition coefficient (Wildman–Crippen LogP) is 2.51. The summed E-state index contributed by atoms with van der Waals surface area (Å²) in [5.74, 6) is 0.382. The van der Waals surface area contributed by atoms with Gasteiger partial charge in [-0.2, -0.15) is 0 Å². The fraction of sp³-hybridized carbons (Fsp3) is 0.500. The van der Waals surface area contributed by atoms with Gasteiger partial charge in [0.2, 0.25) is 0 Å². The first-order chi connectivity index (χ1) is 6.58. The number of hydrogen-bond acceptors (Lipinski definition) is 2. The molecule has 0 saturated heterocycles. The van der Waals surface area contributed by atoms with Crippen LogP contribution in [0.5, 0.6) is 0 Å². The summed E-state index contributed by atoms with van der Waals surface area (Å²) in [6.45, 7) is 6.38. The minimum Gasteiger partial charge on any atom is -0.394 e. The smallest absolute Gasteiger partial charge is 0.0661 e. The van der Waals surface area contributed by atoms with Crippen molar-refractivity contribution in [1.29, 1.82) is 0 Å². The lowest BCUT2D eigenvalue weighted by molar-refractivity contribution is 0.186. The lowest BCUT2D eigenvalue weighted by Crippen LogP contribution is -2.43. The molecule has 1 aromatic rings. The summed E-state index contributed by atoms with van der Waals surface area (Å²) >= 11 is 0. The third-order valence-electron chi connectivity index (χ3n) is 2.81. The van der Waals surface area contributed by atoms with Crippen LogP contribution in [-0.2, 0) is 0 Å². The van der Waals surface area contributed by atoms with E-state index in [0.717, 1.165) is 5.69 Å². The van der Waals surface area contributed by atoms with Crippen molar-refractivity contribution in [2.45, 2.75) is 26.3 Å². The molecule has 2 nitrogen and oxygen atoms in total. The number of aliphatic hydroxyl groups is 1. The van der Waals surface area contributed by atoms with Gasteiger partial charge in [0.15, 0.2) is 0 Å². The van der Waals surface area contributed by atoms with Gasteiger partial charge in [-0.25, -0.2) is 0 Å². The maximum atomic E-state index is 9.35. The van der Waals surface area contributed by atoms with Crippen LogP contribution in [0.2, 0.25) is 0 Å². The Bertz CT molecular complexity index is 271. The van der Waals surface area contributed by atoms with E-state index < -0.39 is 0 Å². The summed E-state index contributed by atoms with van der Waals surface area (Å²) < 4.78 is 0. The second-order valence-electron chi connectivity index (χ2n) is 4.22. The summed E-state index contributed by atoms with van der Waals surface area (Å²) in [4.78, 5) is 0. The third-order valence-corrected chi connectivity index (χ3v) is 2.81. The van der Waals surface area contributed by atoms with E-state index in [0.29, 0.717) is 5.92 Å². The van der Waals surface area contributed by atoms with Crippen molar-refractivity contribution in [3.63, 3.8) is 0 Å². The molecule has 1 rings (SSSR count). The second kappa shape index (κ2) is 4.47. The zero-order valence-electron chi connectivity index (χ0n) is 9.12. The molecule has 0 bridgehead atoms. The van der Waals surface area contributed by atoms with Crippen LogP contribution in [0.3, 0.4) is 0 Å². The summed E-state index contributed by atoms with van der Waals surface area (Å²) in [5, 5.41) is 12.7. The number of aliphatic hydroxyl groups excluding tert-OH is 1. The Morgan fingerprint density at radius 2 is 1.86 bits per heavy atom. The van der Waals surface area contributed by atoms with Gasteiger partial charge in [0.05, 0.1) is 12.1 Å². The maximum absolute atomic E-state index is 9.35. The molecule has 0 fully saturated rings. The zero-order chi connectivity index (χ0) is 10.6. The van der Waals surface area contributed by atoms with E-state index in [2.05, 4.69) is 19.2 Å². The number of hydrogen-bond donors (Lipinski definition) is 2. The molecule has 0 amide bonds. The minimum atomic E-state index is -0.249. The SMILES string of the molecule is CC(C)C(C)(CO)Nc1ccccc1. The second-order valence-corrected chi connectivity index (χ2v) is 4.22. The van der Waals surface area contributed by atoms with Crippen LogP contribution in [0, 0.1) is 5.92 Å². The van der Waals surface area contributed by atoms with Gasteiger partial charge in [0, 0.05) is 5.69 Å². The van der Waals surface area contributed by atoms with E-state index in [1.165, 1.54) is 0 Å². The van der Waals surface area contributed by atoms with E-state index >= 15 is 0 Å². The molecule has 2 heteroatoms. The summed E-state index contributed by atoms with van der Waals surface area (Å²) in [6.07, 6.45) is 0. The highest BCUT2D eigenvalue weighted by atomic mass is 16.3. The van der Waals surface area contributed by atoms with Crippen LogP contribution in [-0.4, -0.2) is 17.3 Å². The predicted molar refractivity (Wildman–Crippen MR) is 60.4 cm³/mol. The summed E-state index contributed by atoms with van der Waals surface area (Å²) in [5.41, 5.74) is 0.805. The molecule has 0 saturated carbocycles. The van der Waals surface area contributed by atoms with E-state index in [9.17, 15) is 5.11 Å². The highest BCUT2D eigenvalue weighted by Crippen LogP contribution is 2.21. The first-order valence-electron chi connectivity index (χ1n) is 5.02. The molecular formula is C12H19NO. The van der Waals surface area contributed by atoms with Crippen molar-refractivity contribution in [3.8, 4) is 0 Å². The lowest BCUT2D eigenvalue weighted by atomic mass is 9.89. The standard InChI is InChI=1S/C12H19NO/c1-10(2)12(3,9-14)13-11-7-5-4-6-8-11/h4-8,10,13-14H,9H2,1-3H3. The van der Waals surface area contributed by atoms with Crippen molar-refractivity contribution in [3.05, 3.63) is 30.3 Å². The molecule has 0 aliphatic carbocycles. The molecule has 0 aliphatic rings. The Morgan fingerprint density at radius 1 is 1.29 bits per heavy atom. The molecule has 0 spiro atoms. The number of nitrogens with one attached hydrogen (secondary N) is 1. The highest BCUT2D eigenvalue weighted by molar-refractivity contribution is 5.45. The Labute approximate surface area is 86.0 Å². The Balaban J connectivity index is 2.76. The number of anilines is 1. The highest BCUT2D eigenvalue weighted by Gasteiger charge is 2.26. The number of para-hydroxylation sites is 1. The maximum Gasteiger partial charge on any atom is 0.0661 e. The quantitative estimate of drug-likeness (QED) is 0.770. The molecular weight excluding hydrogens is 174 g/mol. The van der Waals surface area contributed by atoms with Gasteiger partial charge < -0.3 is 10.4 Å². The van der Waals surface area contributed by atoms with Gasteiger partial charge in [-0.15, -0.1) is 0 Å². The van der Waals surface area contributed by atoms with Crippen molar-refractivity contribution < 1.29 is 5.11 Å². The number of rotatable bonds is 4. The monoisotopic (exact) mass is 193 g/mol. The molecule has 0 aliphatic heterocycles. The molecule has 0 aromatic heterocycles. The largest absolute Gasteiger partial charge is 0.394 e. The third kappa shape index (κ3) is 2.48. The van der Waals surface area contributed by atoms with Crippen molar-refractivity contribution in [2.75, 3.05) is 11.9 Å². The van der Waals surface area contributed by atoms with Gasteiger partial charge >= 0.3 is 0 Å². The van der Waals surface area contributed by atoms with Gasteiger partial charge in [-0.1, -0.05) is 32.0 Å². The topological polar surface area (TPSA) is 32.3 Å². The average Bonchev–Trinajstić information content (AvgIpc) is 2.19. The first kappa shape index (κ1) is 11.1. The molecule has 14 heavy (non-hydrogen) atoms. The molecule has 1 unspecified atom stereocenters. The van der Waals surface area contributed by atoms with E-state index in [-0.39, 0.29) is 12.1 Å². The van der Waals surface area contributed by atoms with E-state index in [1.54, 1.807) is 0 Å². The van der Waals surface area contributed by atoms with Crippen molar-refractivity contribution >= 4 is 5.69 Å². The van der Waals surface area contributed by atoms with E-state index in [1.807, 2.05) is 37.3 Å². The fourth-order valence-electron chi connectivity index (χ4n) is 1.22. The molecule has 0 heterocycles. The van der Waals surface area contributed by atoms with Crippen molar-refractivity contribution in [2.24, 2.45) is 5.92 Å². The van der Waals surface area contributed by atoms with Crippen LogP contribution < -0.4 is 5.32 Å². The first-order valence-corrected chi connectivity index (χ1v) is 5.02. The van der Waals surface area contributed by atoms with Gasteiger partial charge in [0.1, 0.15) is 0 Å². The lowest BCUT2D eigenvalue weighted by Gasteiger charge is -2.34. The zero-order valence-corrected chi connectivity index (χ0v) is 9.12. The van der Waals surface area contributed by atoms with Gasteiger partial charge in [-0.05, 0) is 25.0 Å². The van der Waals surface area contributed by atoms with Gasteiger partial charge in [0.25, 0.3) is 0 Å². The Morgan fingerprint density at radius 3 is 2.29 bits per heavy atom. The molecule has 1 atom stereocenters. The molecule has 2 N–H and O–H groups in total. The molecule has 78 valence electrons. The van der Waals surface area contributed by atoms with E-state index in [4.69, 9.17) is 0 Å². The van der Waals surface area contributed by atoms with Crippen LogP contribution in [0.15, 0.2) is 30.3 Å². The fourth-order valence-corrected chi connectivity index (χ4v) is 1.22.